The van der Waals surface area contributed by atoms with E-state index in [-0.39, 0.29) is 12.5 Å². The Morgan fingerprint density at radius 1 is 1.37 bits per heavy atom. The first kappa shape index (κ1) is 12.3. The maximum atomic E-state index is 12.2. The van der Waals surface area contributed by atoms with Crippen LogP contribution in [0.5, 0.6) is 0 Å². The average Bonchev–Trinajstić information content (AvgIpc) is 2.97. The average molecular weight is 283 g/mol. The van der Waals surface area contributed by atoms with E-state index in [9.17, 15) is 9.59 Å². The van der Waals surface area contributed by atoms with Crippen molar-refractivity contribution >= 4 is 23.8 Å². The highest BCUT2D eigenvalue weighted by Gasteiger charge is 2.45. The van der Waals surface area contributed by atoms with Crippen molar-refractivity contribution in [2.24, 2.45) is 0 Å². The second-order valence-electron chi connectivity index (χ2n) is 4.81. The van der Waals surface area contributed by atoms with E-state index in [0.29, 0.717) is 37.3 Å². The number of rotatable bonds is 1. The van der Waals surface area contributed by atoms with E-state index < -0.39 is 11.8 Å². The lowest BCUT2D eigenvalue weighted by Gasteiger charge is -2.35. The van der Waals surface area contributed by atoms with Crippen molar-refractivity contribution in [2.75, 3.05) is 19.7 Å². The van der Waals surface area contributed by atoms with Crippen LogP contribution in [0, 0.1) is 6.92 Å². The van der Waals surface area contributed by atoms with Gasteiger partial charge in [0.25, 0.3) is 5.91 Å². The lowest BCUT2D eigenvalue weighted by Crippen LogP contribution is -2.48. The predicted molar refractivity (Wildman–Crippen MR) is 64.9 cm³/mol. The summed E-state index contributed by atoms with van der Waals surface area (Å²) in [6, 6.07) is 0. The summed E-state index contributed by atoms with van der Waals surface area (Å²) in [6.45, 7) is 3.12. The van der Waals surface area contributed by atoms with Gasteiger partial charge in [0.1, 0.15) is 6.61 Å². The fourth-order valence-corrected chi connectivity index (χ4v) is 2.91. The third kappa shape index (κ3) is 2.16. The molecule has 3 rings (SSSR count). The number of piperidine rings is 1. The van der Waals surface area contributed by atoms with Crippen LogP contribution in [0.25, 0.3) is 0 Å². The molecule has 0 aliphatic carbocycles. The second kappa shape index (κ2) is 4.44. The molecule has 1 amide bonds. The van der Waals surface area contributed by atoms with E-state index in [4.69, 9.17) is 9.47 Å². The number of ether oxygens (including phenoxy) is 2. The Kier molecular flexibility index (Phi) is 2.89. The van der Waals surface area contributed by atoms with Gasteiger partial charge < -0.3 is 14.4 Å². The van der Waals surface area contributed by atoms with Crippen molar-refractivity contribution < 1.29 is 19.1 Å². The molecule has 3 heterocycles. The summed E-state index contributed by atoms with van der Waals surface area (Å²) in [5.41, 5.74) is 0.537. The maximum Gasteiger partial charge on any atom is 0.509 e. The van der Waals surface area contributed by atoms with Crippen molar-refractivity contribution in [1.82, 2.24) is 13.6 Å². The van der Waals surface area contributed by atoms with Gasteiger partial charge >= 0.3 is 6.16 Å². The summed E-state index contributed by atoms with van der Waals surface area (Å²) in [5.74, 6) is -0.105. The van der Waals surface area contributed by atoms with E-state index >= 15 is 0 Å². The molecule has 1 aromatic heterocycles. The van der Waals surface area contributed by atoms with Crippen molar-refractivity contribution in [3.63, 3.8) is 0 Å². The summed E-state index contributed by atoms with van der Waals surface area (Å²) in [4.78, 5) is 25.0. The van der Waals surface area contributed by atoms with E-state index in [1.54, 1.807) is 11.8 Å². The molecular formula is C11H13N3O4S. The molecule has 0 N–H and O–H groups in total. The number of aryl methyl sites for hydroxylation is 1. The molecule has 2 aliphatic heterocycles. The molecule has 2 fully saturated rings. The molecule has 102 valence electrons. The Morgan fingerprint density at radius 3 is 2.63 bits per heavy atom. The third-order valence-electron chi connectivity index (χ3n) is 3.57. The largest absolute Gasteiger partial charge is 0.509 e. The highest BCUT2D eigenvalue weighted by atomic mass is 32.1. The van der Waals surface area contributed by atoms with Crippen LogP contribution in [0.4, 0.5) is 4.79 Å². The number of amides is 1. The number of aromatic nitrogens is 2. The Balaban J connectivity index is 1.66. The van der Waals surface area contributed by atoms with Crippen molar-refractivity contribution in [1.29, 1.82) is 0 Å². The number of nitrogens with zero attached hydrogens (tertiary/aromatic N) is 3. The Bertz CT molecular complexity index is 522. The van der Waals surface area contributed by atoms with E-state index in [2.05, 4.69) is 8.75 Å². The molecule has 0 saturated carbocycles. The fraction of sp³-hybridized carbons (Fsp3) is 0.636. The quantitative estimate of drug-likeness (QED) is 0.715. The van der Waals surface area contributed by atoms with Crippen LogP contribution in [0.1, 0.15) is 29.0 Å². The summed E-state index contributed by atoms with van der Waals surface area (Å²) in [5, 5.41) is 0. The topological polar surface area (TPSA) is 81.6 Å². The van der Waals surface area contributed by atoms with Gasteiger partial charge in [0.05, 0.1) is 17.4 Å². The number of carbonyl (C=O) groups is 2. The number of carbonyl (C=O) groups excluding carboxylic acids is 2. The molecule has 8 heteroatoms. The van der Waals surface area contributed by atoms with Gasteiger partial charge in [-0.05, 0) is 6.92 Å². The van der Waals surface area contributed by atoms with Gasteiger partial charge in [0, 0.05) is 25.9 Å². The van der Waals surface area contributed by atoms with Crippen LogP contribution in [0.2, 0.25) is 0 Å². The number of hydrogen-bond donors (Lipinski definition) is 0. The number of likely N-dealkylation sites (tertiary alicyclic amines) is 1. The smallest absolute Gasteiger partial charge is 0.430 e. The van der Waals surface area contributed by atoms with E-state index in [1.807, 2.05) is 0 Å². The van der Waals surface area contributed by atoms with Gasteiger partial charge in [-0.2, -0.15) is 8.75 Å². The molecule has 19 heavy (non-hydrogen) atoms. The molecule has 0 radical (unpaired) electrons. The summed E-state index contributed by atoms with van der Waals surface area (Å²) in [6.07, 6.45) is 0.585. The highest BCUT2D eigenvalue weighted by Crippen LogP contribution is 2.32. The van der Waals surface area contributed by atoms with Crippen LogP contribution in [0.15, 0.2) is 0 Å². The van der Waals surface area contributed by atoms with Crippen LogP contribution in [-0.4, -0.2) is 51.0 Å². The normalized spacial score (nSPS) is 21.3. The zero-order valence-corrected chi connectivity index (χ0v) is 11.2. The Morgan fingerprint density at radius 2 is 2.11 bits per heavy atom. The van der Waals surface area contributed by atoms with Gasteiger partial charge in [-0.15, -0.1) is 0 Å². The molecule has 2 saturated heterocycles. The molecule has 0 bridgehead atoms. The van der Waals surface area contributed by atoms with Gasteiger partial charge in [-0.25, -0.2) is 4.79 Å². The van der Waals surface area contributed by atoms with Gasteiger partial charge in [0.2, 0.25) is 0 Å². The second-order valence-corrected chi connectivity index (χ2v) is 5.34. The Labute approximate surface area is 113 Å². The standard InChI is InChI=1S/C11H13N3O4S/c1-7-8(13-19-12-7)9(15)14-4-2-11(3-5-14)6-17-10(16)18-11/h2-6H2,1H3. The molecular weight excluding hydrogens is 270 g/mol. The van der Waals surface area contributed by atoms with E-state index in [1.165, 1.54) is 0 Å². The van der Waals surface area contributed by atoms with Crippen LogP contribution in [-0.2, 0) is 9.47 Å². The third-order valence-corrected chi connectivity index (χ3v) is 4.19. The van der Waals surface area contributed by atoms with Gasteiger partial charge in [-0.1, -0.05) is 0 Å². The molecule has 0 aromatic carbocycles. The minimum absolute atomic E-state index is 0.105. The van der Waals surface area contributed by atoms with Crippen molar-refractivity contribution in [3.8, 4) is 0 Å². The SMILES string of the molecule is Cc1nsnc1C(=O)N1CCC2(CC1)COC(=O)O2. The lowest BCUT2D eigenvalue weighted by molar-refractivity contribution is 0.00265. The molecule has 2 aliphatic rings. The van der Waals surface area contributed by atoms with Crippen LogP contribution >= 0.6 is 11.7 Å². The van der Waals surface area contributed by atoms with Crippen LogP contribution in [0.3, 0.4) is 0 Å². The summed E-state index contributed by atoms with van der Waals surface area (Å²) < 4.78 is 18.1. The molecule has 7 nitrogen and oxygen atoms in total. The minimum atomic E-state index is -0.612. The molecule has 1 aromatic rings. The predicted octanol–water partition coefficient (Wildman–Crippen LogP) is 0.988. The Hall–Kier alpha value is -1.70. The van der Waals surface area contributed by atoms with Crippen molar-refractivity contribution in [2.45, 2.75) is 25.4 Å². The lowest BCUT2D eigenvalue weighted by atomic mass is 9.92. The van der Waals surface area contributed by atoms with E-state index in [0.717, 1.165) is 11.7 Å². The van der Waals surface area contributed by atoms with Crippen molar-refractivity contribution in [3.05, 3.63) is 11.4 Å². The number of cyclic esters (lactones) is 1. The van der Waals surface area contributed by atoms with Gasteiger partial charge in [-0.3, -0.25) is 4.79 Å². The minimum Gasteiger partial charge on any atom is -0.430 e. The monoisotopic (exact) mass is 283 g/mol. The van der Waals surface area contributed by atoms with Gasteiger partial charge in [0.15, 0.2) is 11.3 Å². The maximum absolute atomic E-state index is 12.2. The first-order valence-electron chi connectivity index (χ1n) is 6.04. The molecule has 1 spiro atoms. The highest BCUT2D eigenvalue weighted by molar-refractivity contribution is 6.99. The fourth-order valence-electron chi connectivity index (χ4n) is 2.37. The molecule has 0 atom stereocenters. The van der Waals surface area contributed by atoms with Crippen LogP contribution < -0.4 is 0 Å². The molecule has 0 unspecified atom stereocenters. The zero-order chi connectivity index (χ0) is 13.5. The zero-order valence-electron chi connectivity index (χ0n) is 10.4. The number of hydrogen-bond acceptors (Lipinski definition) is 7. The summed E-state index contributed by atoms with van der Waals surface area (Å²) in [7, 11) is 0. The first-order valence-corrected chi connectivity index (χ1v) is 6.77. The first-order chi connectivity index (χ1) is 9.10. The summed E-state index contributed by atoms with van der Waals surface area (Å²) >= 11 is 1.04.